The van der Waals surface area contributed by atoms with E-state index in [0.717, 1.165) is 33.2 Å². The molecule has 1 heterocycles. The number of ether oxygens (including phenoxy) is 1. The molecular weight excluding hydrogens is 391 g/mol. The Hall–Kier alpha value is -2.75. The van der Waals surface area contributed by atoms with E-state index in [2.05, 4.69) is 10.6 Å². The van der Waals surface area contributed by atoms with Crippen LogP contribution in [0.1, 0.15) is 11.4 Å². The Kier molecular flexibility index (Phi) is 5.65. The SMILES string of the molecule is Clc1ccc(C=Cc2nc3ccccc3n2CCOc2ccc(Cl)cc2)cc1. The minimum atomic E-state index is 0.532. The van der Waals surface area contributed by atoms with Gasteiger partial charge in [0.25, 0.3) is 0 Å². The molecule has 0 saturated carbocycles. The Morgan fingerprint density at radius 1 is 0.821 bits per heavy atom. The normalized spacial score (nSPS) is 11.4. The van der Waals surface area contributed by atoms with Crippen molar-refractivity contribution in [2.45, 2.75) is 6.54 Å². The van der Waals surface area contributed by atoms with Crippen LogP contribution in [0.5, 0.6) is 5.75 Å². The minimum absolute atomic E-state index is 0.532. The number of para-hydroxylation sites is 2. The number of fused-ring (bicyclic) bond motifs is 1. The molecule has 5 heteroatoms. The lowest BCUT2D eigenvalue weighted by Crippen LogP contribution is -2.09. The molecule has 0 bridgehead atoms. The van der Waals surface area contributed by atoms with E-state index in [0.29, 0.717) is 18.2 Å². The van der Waals surface area contributed by atoms with Crippen molar-refractivity contribution in [3.8, 4) is 5.75 Å². The summed E-state index contributed by atoms with van der Waals surface area (Å²) in [4.78, 5) is 4.76. The van der Waals surface area contributed by atoms with Gasteiger partial charge in [-0.1, -0.05) is 53.5 Å². The summed E-state index contributed by atoms with van der Waals surface area (Å²) in [5.74, 6) is 1.68. The molecular formula is C23H18Cl2N2O. The van der Waals surface area contributed by atoms with Crippen molar-refractivity contribution in [3.63, 3.8) is 0 Å². The zero-order valence-corrected chi connectivity index (χ0v) is 16.6. The molecule has 0 atom stereocenters. The molecule has 0 N–H and O–H groups in total. The number of halogens is 2. The van der Waals surface area contributed by atoms with Crippen LogP contribution in [0.4, 0.5) is 0 Å². The van der Waals surface area contributed by atoms with Crippen LogP contribution in [-0.4, -0.2) is 16.2 Å². The van der Waals surface area contributed by atoms with Crippen molar-refractivity contribution in [3.05, 3.63) is 94.2 Å². The van der Waals surface area contributed by atoms with Gasteiger partial charge in [0.2, 0.25) is 0 Å². The van der Waals surface area contributed by atoms with Gasteiger partial charge in [0.15, 0.2) is 0 Å². The maximum Gasteiger partial charge on any atom is 0.133 e. The third kappa shape index (κ3) is 4.38. The molecule has 0 fully saturated rings. The van der Waals surface area contributed by atoms with E-state index in [4.69, 9.17) is 32.9 Å². The largest absolute Gasteiger partial charge is 0.492 e. The molecule has 0 aliphatic carbocycles. The lowest BCUT2D eigenvalue weighted by atomic mass is 10.2. The Labute approximate surface area is 173 Å². The predicted octanol–water partition coefficient (Wildman–Crippen LogP) is 6.59. The lowest BCUT2D eigenvalue weighted by Gasteiger charge is -2.09. The zero-order chi connectivity index (χ0) is 19.3. The average molecular weight is 409 g/mol. The van der Waals surface area contributed by atoms with Crippen molar-refractivity contribution in [2.24, 2.45) is 0 Å². The van der Waals surface area contributed by atoms with E-state index in [1.165, 1.54) is 0 Å². The molecule has 28 heavy (non-hydrogen) atoms. The molecule has 0 amide bonds. The van der Waals surface area contributed by atoms with Crippen LogP contribution in [0.2, 0.25) is 10.0 Å². The highest BCUT2D eigenvalue weighted by molar-refractivity contribution is 6.30. The van der Waals surface area contributed by atoms with Gasteiger partial charge in [-0.25, -0.2) is 4.98 Å². The van der Waals surface area contributed by atoms with Gasteiger partial charge >= 0.3 is 0 Å². The van der Waals surface area contributed by atoms with Crippen LogP contribution < -0.4 is 4.74 Å². The fourth-order valence-electron chi connectivity index (χ4n) is 2.99. The number of imidazole rings is 1. The van der Waals surface area contributed by atoms with Gasteiger partial charge in [-0.15, -0.1) is 0 Å². The first-order chi connectivity index (χ1) is 13.7. The molecule has 3 aromatic carbocycles. The summed E-state index contributed by atoms with van der Waals surface area (Å²) >= 11 is 11.9. The van der Waals surface area contributed by atoms with Crippen LogP contribution in [0, 0.1) is 0 Å². The van der Waals surface area contributed by atoms with E-state index < -0.39 is 0 Å². The molecule has 0 aliphatic rings. The summed E-state index contributed by atoms with van der Waals surface area (Å²) < 4.78 is 8.03. The summed E-state index contributed by atoms with van der Waals surface area (Å²) in [5.41, 5.74) is 3.11. The Morgan fingerprint density at radius 3 is 2.25 bits per heavy atom. The molecule has 0 aliphatic heterocycles. The second-order valence-electron chi connectivity index (χ2n) is 6.30. The molecule has 3 nitrogen and oxygen atoms in total. The van der Waals surface area contributed by atoms with E-state index in [-0.39, 0.29) is 0 Å². The van der Waals surface area contributed by atoms with Gasteiger partial charge in [0.1, 0.15) is 18.2 Å². The zero-order valence-electron chi connectivity index (χ0n) is 15.1. The van der Waals surface area contributed by atoms with Crippen LogP contribution in [0.3, 0.4) is 0 Å². The second-order valence-corrected chi connectivity index (χ2v) is 7.17. The first kappa shape index (κ1) is 18.6. The fraction of sp³-hybridized carbons (Fsp3) is 0.0870. The van der Waals surface area contributed by atoms with Gasteiger partial charge < -0.3 is 9.30 Å². The second kappa shape index (κ2) is 8.51. The minimum Gasteiger partial charge on any atom is -0.492 e. The van der Waals surface area contributed by atoms with Gasteiger partial charge in [-0.05, 0) is 60.2 Å². The van der Waals surface area contributed by atoms with Gasteiger partial charge in [0.05, 0.1) is 17.6 Å². The first-order valence-corrected chi connectivity index (χ1v) is 9.72. The summed E-state index contributed by atoms with van der Waals surface area (Å²) in [7, 11) is 0. The smallest absolute Gasteiger partial charge is 0.133 e. The highest BCUT2D eigenvalue weighted by Gasteiger charge is 2.08. The molecule has 0 spiro atoms. The van der Waals surface area contributed by atoms with Crippen molar-refractivity contribution in [2.75, 3.05) is 6.61 Å². The number of hydrogen-bond acceptors (Lipinski definition) is 2. The number of aromatic nitrogens is 2. The molecule has 0 radical (unpaired) electrons. The number of hydrogen-bond donors (Lipinski definition) is 0. The van der Waals surface area contributed by atoms with Crippen LogP contribution in [0.15, 0.2) is 72.8 Å². The Morgan fingerprint density at radius 2 is 1.50 bits per heavy atom. The fourth-order valence-corrected chi connectivity index (χ4v) is 3.24. The molecule has 4 rings (SSSR count). The van der Waals surface area contributed by atoms with Gasteiger partial charge in [-0.3, -0.25) is 0 Å². The number of benzene rings is 3. The molecule has 140 valence electrons. The molecule has 1 aromatic heterocycles. The highest BCUT2D eigenvalue weighted by atomic mass is 35.5. The Balaban J connectivity index is 1.56. The van der Waals surface area contributed by atoms with Gasteiger partial charge in [-0.2, -0.15) is 0 Å². The third-order valence-electron chi connectivity index (χ3n) is 4.38. The average Bonchev–Trinajstić information content (AvgIpc) is 3.07. The van der Waals surface area contributed by atoms with Crippen molar-refractivity contribution < 1.29 is 4.74 Å². The standard InChI is InChI=1S/C23H18Cl2N2O/c24-18-8-5-17(6-9-18)7-14-23-26-21-3-1-2-4-22(21)27(23)15-16-28-20-12-10-19(25)11-13-20/h1-14H,15-16H2. The maximum atomic E-state index is 5.96. The summed E-state index contributed by atoms with van der Waals surface area (Å²) in [6.07, 6.45) is 4.06. The molecule has 4 aromatic rings. The highest BCUT2D eigenvalue weighted by Crippen LogP contribution is 2.20. The summed E-state index contributed by atoms with van der Waals surface area (Å²) in [6.45, 7) is 1.22. The van der Waals surface area contributed by atoms with Crippen LogP contribution in [0.25, 0.3) is 23.2 Å². The van der Waals surface area contributed by atoms with Gasteiger partial charge in [0, 0.05) is 10.0 Å². The lowest BCUT2D eigenvalue weighted by molar-refractivity contribution is 0.300. The maximum absolute atomic E-state index is 5.96. The number of nitrogens with zero attached hydrogens (tertiary/aromatic N) is 2. The first-order valence-electron chi connectivity index (χ1n) is 8.96. The molecule has 0 saturated heterocycles. The Bertz CT molecular complexity index is 1100. The van der Waals surface area contributed by atoms with Crippen molar-refractivity contribution in [1.82, 2.24) is 9.55 Å². The van der Waals surface area contributed by atoms with E-state index in [1.54, 1.807) is 0 Å². The van der Waals surface area contributed by atoms with Crippen molar-refractivity contribution >= 4 is 46.4 Å². The predicted molar refractivity (Wildman–Crippen MR) is 117 cm³/mol. The monoisotopic (exact) mass is 408 g/mol. The summed E-state index contributed by atoms with van der Waals surface area (Å²) in [6, 6.07) is 23.2. The third-order valence-corrected chi connectivity index (χ3v) is 4.88. The van der Waals surface area contributed by atoms with E-state index in [9.17, 15) is 0 Å². The topological polar surface area (TPSA) is 27.1 Å². The number of rotatable bonds is 6. The van der Waals surface area contributed by atoms with E-state index in [1.807, 2.05) is 78.9 Å². The van der Waals surface area contributed by atoms with Crippen LogP contribution >= 0.6 is 23.2 Å². The summed E-state index contributed by atoms with van der Waals surface area (Å²) in [5, 5.41) is 1.42. The van der Waals surface area contributed by atoms with Crippen LogP contribution in [-0.2, 0) is 6.54 Å². The molecule has 0 unspecified atom stereocenters. The van der Waals surface area contributed by atoms with Crippen molar-refractivity contribution in [1.29, 1.82) is 0 Å². The van der Waals surface area contributed by atoms with E-state index >= 15 is 0 Å². The quantitative estimate of drug-likeness (QED) is 0.359.